The first-order chi connectivity index (χ1) is 21.0. The molecule has 4 aromatic carbocycles. The molecule has 0 aliphatic rings. The van der Waals surface area contributed by atoms with Crippen molar-refractivity contribution in [2.45, 2.75) is 31.3 Å². The number of amides is 1. The van der Waals surface area contributed by atoms with Gasteiger partial charge in [-0.05, 0) is 79.6 Å². The third-order valence-corrected chi connectivity index (χ3v) is 10.1. The summed E-state index contributed by atoms with van der Waals surface area (Å²) in [6.45, 7) is 3.84. The standard InChI is InChI=1S/C31H26BrN5O5S2/c1-21(2)35(20-23-6-4-3-5-7-23)44(41,42)27-15-10-24(11-16-27)30(38)36(31-34-28-17-12-25(32)18-29(28)43-31)33-19-22-8-13-26(14-9-22)37(39)40/h3-19,21H,20H2,1-2H3/b33-19+. The van der Waals surface area contributed by atoms with E-state index in [1.165, 1.54) is 70.4 Å². The van der Waals surface area contributed by atoms with Crippen LogP contribution in [-0.4, -0.2) is 40.8 Å². The fourth-order valence-electron chi connectivity index (χ4n) is 4.31. The van der Waals surface area contributed by atoms with E-state index in [4.69, 9.17) is 0 Å². The molecule has 0 atom stereocenters. The molecule has 0 N–H and O–H groups in total. The minimum Gasteiger partial charge on any atom is -0.267 e. The van der Waals surface area contributed by atoms with Gasteiger partial charge >= 0.3 is 0 Å². The van der Waals surface area contributed by atoms with Crippen molar-refractivity contribution in [3.05, 3.63) is 128 Å². The van der Waals surface area contributed by atoms with Gasteiger partial charge in [-0.2, -0.15) is 14.4 Å². The predicted octanol–water partition coefficient (Wildman–Crippen LogP) is 7.25. The number of hydrogen-bond acceptors (Lipinski definition) is 8. The van der Waals surface area contributed by atoms with Crippen molar-refractivity contribution in [3.63, 3.8) is 0 Å². The van der Waals surface area contributed by atoms with Crippen LogP contribution in [0.3, 0.4) is 0 Å². The number of halogens is 1. The molecule has 224 valence electrons. The molecule has 1 heterocycles. The molecule has 5 rings (SSSR count). The lowest BCUT2D eigenvalue weighted by atomic mass is 10.2. The Kier molecular flexibility index (Phi) is 9.30. The zero-order valence-electron chi connectivity index (χ0n) is 23.6. The first-order valence-corrected chi connectivity index (χ1v) is 16.4. The van der Waals surface area contributed by atoms with E-state index in [1.54, 1.807) is 0 Å². The third kappa shape index (κ3) is 6.91. The molecule has 0 bridgehead atoms. The number of nitro benzene ring substituents is 1. The van der Waals surface area contributed by atoms with E-state index < -0.39 is 20.9 Å². The van der Waals surface area contributed by atoms with Crippen molar-refractivity contribution in [1.82, 2.24) is 9.29 Å². The predicted molar refractivity (Wildman–Crippen MR) is 176 cm³/mol. The van der Waals surface area contributed by atoms with Crippen LogP contribution in [0, 0.1) is 10.1 Å². The van der Waals surface area contributed by atoms with Crippen LogP contribution in [0.15, 0.2) is 112 Å². The second-order valence-electron chi connectivity index (χ2n) is 9.97. The van der Waals surface area contributed by atoms with Gasteiger partial charge in [0.25, 0.3) is 11.6 Å². The number of rotatable bonds is 10. The molecule has 1 amide bonds. The lowest BCUT2D eigenvalue weighted by Crippen LogP contribution is -2.36. The summed E-state index contributed by atoms with van der Waals surface area (Å²) in [5, 5.41) is 16.9. The number of nitro groups is 1. The average molecular weight is 693 g/mol. The van der Waals surface area contributed by atoms with Crippen molar-refractivity contribution in [2.75, 3.05) is 5.01 Å². The zero-order valence-corrected chi connectivity index (χ0v) is 26.8. The van der Waals surface area contributed by atoms with Gasteiger partial charge in [0.15, 0.2) is 0 Å². The maximum absolute atomic E-state index is 13.8. The third-order valence-electron chi connectivity index (χ3n) is 6.60. The Morgan fingerprint density at radius 3 is 2.34 bits per heavy atom. The van der Waals surface area contributed by atoms with Crippen molar-refractivity contribution in [1.29, 1.82) is 0 Å². The molecule has 5 aromatic rings. The highest BCUT2D eigenvalue weighted by Gasteiger charge is 2.28. The highest BCUT2D eigenvalue weighted by Crippen LogP contribution is 2.32. The monoisotopic (exact) mass is 691 g/mol. The summed E-state index contributed by atoms with van der Waals surface area (Å²) >= 11 is 4.71. The summed E-state index contributed by atoms with van der Waals surface area (Å²) in [6.07, 6.45) is 1.41. The Bertz CT molecular complexity index is 1950. The topological polar surface area (TPSA) is 126 Å². The van der Waals surface area contributed by atoms with Gasteiger partial charge in [0, 0.05) is 34.8 Å². The molecule has 0 aliphatic heterocycles. The molecular formula is C31H26BrN5O5S2. The summed E-state index contributed by atoms with van der Waals surface area (Å²) in [4.78, 5) is 29.0. The van der Waals surface area contributed by atoms with Crippen molar-refractivity contribution in [2.24, 2.45) is 5.10 Å². The molecule has 0 aliphatic carbocycles. The number of hydrazone groups is 1. The number of non-ortho nitro benzene ring substituents is 1. The molecule has 0 fully saturated rings. The number of carbonyl (C=O) groups excluding carboxylic acids is 1. The maximum Gasteiger partial charge on any atom is 0.280 e. The van der Waals surface area contributed by atoms with E-state index >= 15 is 0 Å². The van der Waals surface area contributed by atoms with Crippen molar-refractivity contribution >= 4 is 70.4 Å². The molecule has 44 heavy (non-hydrogen) atoms. The van der Waals surface area contributed by atoms with Crippen LogP contribution in [0.25, 0.3) is 10.2 Å². The largest absolute Gasteiger partial charge is 0.280 e. The van der Waals surface area contributed by atoms with Crippen LogP contribution >= 0.6 is 27.3 Å². The molecule has 10 nitrogen and oxygen atoms in total. The Balaban J connectivity index is 1.46. The van der Waals surface area contributed by atoms with Gasteiger partial charge < -0.3 is 0 Å². The fraction of sp³-hybridized carbons (Fsp3) is 0.129. The molecule has 0 saturated heterocycles. The highest BCUT2D eigenvalue weighted by molar-refractivity contribution is 9.10. The Morgan fingerprint density at radius 1 is 1.02 bits per heavy atom. The molecule has 1 aromatic heterocycles. The van der Waals surface area contributed by atoms with Crippen LogP contribution in [0.4, 0.5) is 10.8 Å². The SMILES string of the molecule is CC(C)N(Cc1ccccc1)S(=O)(=O)c1ccc(C(=O)N(/N=C/c2ccc([N+](=O)[O-])cc2)c2nc3ccc(Br)cc3s2)cc1. The number of hydrogen-bond donors (Lipinski definition) is 0. The van der Waals surface area contributed by atoms with Gasteiger partial charge in [-0.3, -0.25) is 14.9 Å². The minimum atomic E-state index is -3.87. The highest BCUT2D eigenvalue weighted by atomic mass is 79.9. The van der Waals surface area contributed by atoms with E-state index in [9.17, 15) is 23.3 Å². The first kappa shape index (κ1) is 31.1. The Labute approximate surface area is 266 Å². The van der Waals surface area contributed by atoms with Crippen LogP contribution in [0.1, 0.15) is 35.3 Å². The molecule has 0 saturated carbocycles. The second kappa shape index (κ2) is 13.1. The van der Waals surface area contributed by atoms with Gasteiger partial charge in [-0.25, -0.2) is 13.4 Å². The lowest BCUT2D eigenvalue weighted by Gasteiger charge is -2.26. The Morgan fingerprint density at radius 2 is 1.70 bits per heavy atom. The number of carbonyl (C=O) groups is 1. The lowest BCUT2D eigenvalue weighted by molar-refractivity contribution is -0.384. The second-order valence-corrected chi connectivity index (χ2v) is 13.8. The number of thiazole rings is 1. The average Bonchev–Trinajstić information content (AvgIpc) is 3.43. The summed E-state index contributed by atoms with van der Waals surface area (Å²) in [7, 11) is -3.87. The van der Waals surface area contributed by atoms with E-state index in [1.807, 2.05) is 62.4 Å². The smallest absolute Gasteiger partial charge is 0.267 e. The fourth-order valence-corrected chi connectivity index (χ4v) is 7.41. The van der Waals surface area contributed by atoms with E-state index in [-0.39, 0.29) is 28.7 Å². The number of aromatic nitrogens is 1. The van der Waals surface area contributed by atoms with Crippen LogP contribution in [-0.2, 0) is 16.6 Å². The number of benzene rings is 4. The van der Waals surface area contributed by atoms with Crippen LogP contribution < -0.4 is 5.01 Å². The summed E-state index contributed by atoms with van der Waals surface area (Å²) < 4.78 is 30.3. The summed E-state index contributed by atoms with van der Waals surface area (Å²) in [5.41, 5.74) is 2.20. The minimum absolute atomic E-state index is 0.0597. The van der Waals surface area contributed by atoms with Gasteiger partial charge in [0.2, 0.25) is 15.2 Å². The van der Waals surface area contributed by atoms with E-state index in [0.29, 0.717) is 16.2 Å². The molecular weight excluding hydrogens is 666 g/mol. The van der Waals surface area contributed by atoms with Crippen LogP contribution in [0.2, 0.25) is 0 Å². The molecule has 0 unspecified atom stereocenters. The van der Waals surface area contributed by atoms with Crippen molar-refractivity contribution in [3.8, 4) is 0 Å². The number of nitrogens with zero attached hydrogens (tertiary/aromatic N) is 5. The molecule has 0 spiro atoms. The summed E-state index contributed by atoms with van der Waals surface area (Å²) in [5.74, 6) is -0.532. The maximum atomic E-state index is 13.8. The zero-order chi connectivity index (χ0) is 31.4. The van der Waals surface area contributed by atoms with Crippen LogP contribution in [0.5, 0.6) is 0 Å². The number of sulfonamides is 1. The Hall–Kier alpha value is -4.30. The van der Waals surface area contributed by atoms with E-state index in [2.05, 4.69) is 26.0 Å². The first-order valence-electron chi connectivity index (χ1n) is 13.4. The van der Waals surface area contributed by atoms with Gasteiger partial charge in [-0.15, -0.1) is 0 Å². The van der Waals surface area contributed by atoms with Gasteiger partial charge in [0.1, 0.15) is 0 Å². The summed E-state index contributed by atoms with van der Waals surface area (Å²) in [6, 6.07) is 26.1. The number of anilines is 1. The van der Waals surface area contributed by atoms with Gasteiger partial charge in [-0.1, -0.05) is 57.6 Å². The van der Waals surface area contributed by atoms with E-state index in [0.717, 1.165) is 19.7 Å². The quantitative estimate of drug-likeness (QED) is 0.0863. The normalized spacial score (nSPS) is 11.9. The van der Waals surface area contributed by atoms with Crippen molar-refractivity contribution < 1.29 is 18.1 Å². The molecule has 0 radical (unpaired) electrons. The molecule has 13 heteroatoms. The van der Waals surface area contributed by atoms with Gasteiger partial charge in [0.05, 0.1) is 26.3 Å². The number of fused-ring (bicyclic) bond motifs is 1.